The van der Waals surface area contributed by atoms with Crippen molar-refractivity contribution in [2.45, 2.75) is 6.92 Å². The van der Waals surface area contributed by atoms with Crippen LogP contribution in [-0.2, 0) is 4.74 Å². The smallest absolute Gasteiger partial charge is 0.338 e. The molecule has 0 atom stereocenters. The topological polar surface area (TPSA) is 73.3 Å². The SMILES string of the molecule is CCOC(=O)c1ccc(Nc2nnc(-c3ccc(Oc4ccccc4)cc3)s2)cc1. The van der Waals surface area contributed by atoms with E-state index < -0.39 is 0 Å². The summed E-state index contributed by atoms with van der Waals surface area (Å²) in [5.74, 6) is 1.22. The van der Waals surface area contributed by atoms with Crippen LogP contribution in [0.1, 0.15) is 17.3 Å². The number of rotatable bonds is 7. The molecule has 1 heterocycles. The van der Waals surface area contributed by atoms with Crippen LogP contribution in [0.2, 0.25) is 0 Å². The Kier molecular flexibility index (Phi) is 6.01. The number of aromatic nitrogens is 2. The maximum atomic E-state index is 11.7. The van der Waals surface area contributed by atoms with Crippen LogP contribution in [0.25, 0.3) is 10.6 Å². The number of hydrogen-bond acceptors (Lipinski definition) is 7. The number of benzene rings is 3. The average molecular weight is 417 g/mol. The molecule has 6 nitrogen and oxygen atoms in total. The van der Waals surface area contributed by atoms with E-state index in [4.69, 9.17) is 9.47 Å². The van der Waals surface area contributed by atoms with Crippen molar-refractivity contribution in [3.63, 3.8) is 0 Å². The molecule has 150 valence electrons. The first kappa shape index (κ1) is 19.6. The fourth-order valence-electron chi connectivity index (χ4n) is 2.71. The Hall–Kier alpha value is -3.71. The fraction of sp³-hybridized carbons (Fsp3) is 0.0870. The van der Waals surface area contributed by atoms with E-state index in [9.17, 15) is 4.79 Å². The Bertz CT molecular complexity index is 1110. The Balaban J connectivity index is 1.41. The molecule has 0 aliphatic carbocycles. The van der Waals surface area contributed by atoms with E-state index in [0.717, 1.165) is 27.8 Å². The molecule has 1 N–H and O–H groups in total. The maximum Gasteiger partial charge on any atom is 0.338 e. The average Bonchev–Trinajstić information content (AvgIpc) is 3.24. The number of hydrogen-bond donors (Lipinski definition) is 1. The number of nitrogens with zero attached hydrogens (tertiary/aromatic N) is 2. The van der Waals surface area contributed by atoms with Gasteiger partial charge in [-0.3, -0.25) is 0 Å². The molecular weight excluding hydrogens is 398 g/mol. The lowest BCUT2D eigenvalue weighted by atomic mass is 10.2. The highest BCUT2D eigenvalue weighted by Gasteiger charge is 2.09. The van der Waals surface area contributed by atoms with Crippen LogP contribution in [0.15, 0.2) is 78.9 Å². The number of nitrogens with one attached hydrogen (secondary N) is 1. The number of anilines is 2. The molecule has 0 amide bonds. The maximum absolute atomic E-state index is 11.7. The van der Waals surface area contributed by atoms with E-state index in [-0.39, 0.29) is 5.97 Å². The van der Waals surface area contributed by atoms with E-state index >= 15 is 0 Å². The molecule has 0 saturated carbocycles. The van der Waals surface area contributed by atoms with Crippen molar-refractivity contribution in [3.05, 3.63) is 84.4 Å². The molecule has 7 heteroatoms. The molecule has 0 radical (unpaired) electrons. The first-order chi connectivity index (χ1) is 14.7. The molecule has 30 heavy (non-hydrogen) atoms. The Labute approximate surface area is 178 Å². The molecule has 0 spiro atoms. The summed E-state index contributed by atoms with van der Waals surface area (Å²) in [4.78, 5) is 11.7. The van der Waals surface area contributed by atoms with Gasteiger partial charge < -0.3 is 14.8 Å². The van der Waals surface area contributed by atoms with Gasteiger partial charge in [0.25, 0.3) is 0 Å². The van der Waals surface area contributed by atoms with Gasteiger partial charge in [-0.2, -0.15) is 0 Å². The summed E-state index contributed by atoms with van der Waals surface area (Å²) in [6.07, 6.45) is 0. The minimum Gasteiger partial charge on any atom is -0.462 e. The molecule has 0 fully saturated rings. The van der Waals surface area contributed by atoms with Gasteiger partial charge in [0, 0.05) is 11.3 Å². The largest absolute Gasteiger partial charge is 0.462 e. The van der Waals surface area contributed by atoms with Gasteiger partial charge in [-0.1, -0.05) is 29.5 Å². The third kappa shape index (κ3) is 4.82. The van der Waals surface area contributed by atoms with Gasteiger partial charge >= 0.3 is 5.97 Å². The van der Waals surface area contributed by atoms with Crippen LogP contribution in [-0.4, -0.2) is 22.8 Å². The van der Waals surface area contributed by atoms with Gasteiger partial charge in [0.15, 0.2) is 0 Å². The number of carbonyl (C=O) groups excluding carboxylic acids is 1. The second-order valence-corrected chi connectivity index (χ2v) is 7.25. The second-order valence-electron chi connectivity index (χ2n) is 6.27. The van der Waals surface area contributed by atoms with Crippen LogP contribution in [0.5, 0.6) is 11.5 Å². The zero-order valence-electron chi connectivity index (χ0n) is 16.2. The van der Waals surface area contributed by atoms with Crippen molar-refractivity contribution in [2.75, 3.05) is 11.9 Å². The summed E-state index contributed by atoms with van der Waals surface area (Å²) in [7, 11) is 0. The minimum absolute atomic E-state index is 0.332. The lowest BCUT2D eigenvalue weighted by molar-refractivity contribution is 0.0526. The van der Waals surface area contributed by atoms with E-state index in [0.29, 0.717) is 17.3 Å². The highest BCUT2D eigenvalue weighted by atomic mass is 32.1. The van der Waals surface area contributed by atoms with Crippen LogP contribution >= 0.6 is 11.3 Å². The van der Waals surface area contributed by atoms with Gasteiger partial charge in [-0.25, -0.2) is 4.79 Å². The van der Waals surface area contributed by atoms with Crippen molar-refractivity contribution < 1.29 is 14.3 Å². The lowest BCUT2D eigenvalue weighted by Crippen LogP contribution is -2.04. The van der Waals surface area contributed by atoms with E-state index in [1.165, 1.54) is 11.3 Å². The minimum atomic E-state index is -0.332. The lowest BCUT2D eigenvalue weighted by Gasteiger charge is -2.05. The van der Waals surface area contributed by atoms with Crippen molar-refractivity contribution >= 4 is 28.1 Å². The number of carbonyl (C=O) groups is 1. The first-order valence-corrected chi connectivity index (χ1v) is 10.2. The summed E-state index contributed by atoms with van der Waals surface area (Å²) in [5, 5.41) is 13.1. The van der Waals surface area contributed by atoms with E-state index in [1.807, 2.05) is 66.7 Å². The van der Waals surface area contributed by atoms with Crippen molar-refractivity contribution in [1.29, 1.82) is 0 Å². The zero-order valence-corrected chi connectivity index (χ0v) is 17.1. The summed E-state index contributed by atoms with van der Waals surface area (Å²) in [6, 6.07) is 24.4. The van der Waals surface area contributed by atoms with Gasteiger partial charge in [-0.15, -0.1) is 10.2 Å². The Morgan fingerprint density at radius 2 is 1.60 bits per heavy atom. The predicted octanol–water partition coefficient (Wildman–Crippen LogP) is 5.92. The molecule has 3 aromatic carbocycles. The molecule has 4 rings (SSSR count). The third-order valence-electron chi connectivity index (χ3n) is 4.15. The van der Waals surface area contributed by atoms with Crippen molar-refractivity contribution in [2.24, 2.45) is 0 Å². The molecule has 0 bridgehead atoms. The first-order valence-electron chi connectivity index (χ1n) is 9.42. The number of para-hydroxylation sites is 1. The normalized spacial score (nSPS) is 10.4. The molecule has 4 aromatic rings. The monoisotopic (exact) mass is 417 g/mol. The molecular formula is C23H19N3O3S. The highest BCUT2D eigenvalue weighted by molar-refractivity contribution is 7.18. The molecule has 0 unspecified atom stereocenters. The van der Waals surface area contributed by atoms with Gasteiger partial charge in [0.05, 0.1) is 12.2 Å². The molecule has 1 aromatic heterocycles. The van der Waals surface area contributed by atoms with Crippen LogP contribution in [0, 0.1) is 0 Å². The number of ether oxygens (including phenoxy) is 2. The summed E-state index contributed by atoms with van der Waals surface area (Å²) < 4.78 is 10.8. The van der Waals surface area contributed by atoms with E-state index in [2.05, 4.69) is 15.5 Å². The van der Waals surface area contributed by atoms with Gasteiger partial charge in [0.1, 0.15) is 16.5 Å². The zero-order chi connectivity index (χ0) is 20.8. The summed E-state index contributed by atoms with van der Waals surface area (Å²) in [5.41, 5.74) is 2.29. The van der Waals surface area contributed by atoms with E-state index in [1.54, 1.807) is 19.1 Å². The summed E-state index contributed by atoms with van der Waals surface area (Å²) in [6.45, 7) is 2.14. The highest BCUT2D eigenvalue weighted by Crippen LogP contribution is 2.30. The van der Waals surface area contributed by atoms with Gasteiger partial charge in [-0.05, 0) is 67.6 Å². The van der Waals surface area contributed by atoms with Crippen LogP contribution in [0.3, 0.4) is 0 Å². The standard InChI is InChI=1S/C23H19N3O3S/c1-2-28-22(27)17-8-12-18(13-9-17)24-23-26-25-21(30-23)16-10-14-20(15-11-16)29-19-6-4-3-5-7-19/h3-15H,2H2,1H3,(H,24,26). The quantitative estimate of drug-likeness (QED) is 0.376. The van der Waals surface area contributed by atoms with Crippen LogP contribution < -0.4 is 10.1 Å². The van der Waals surface area contributed by atoms with Crippen LogP contribution in [0.4, 0.5) is 10.8 Å². The second kappa shape index (κ2) is 9.19. The van der Waals surface area contributed by atoms with Crippen molar-refractivity contribution in [1.82, 2.24) is 10.2 Å². The predicted molar refractivity (Wildman–Crippen MR) is 118 cm³/mol. The Morgan fingerprint density at radius 3 is 2.30 bits per heavy atom. The number of esters is 1. The molecule has 0 aliphatic heterocycles. The molecule has 0 aliphatic rings. The van der Waals surface area contributed by atoms with Gasteiger partial charge in [0.2, 0.25) is 5.13 Å². The molecule has 0 saturated heterocycles. The summed E-state index contributed by atoms with van der Waals surface area (Å²) >= 11 is 1.44. The third-order valence-corrected chi connectivity index (χ3v) is 5.04. The Morgan fingerprint density at radius 1 is 0.900 bits per heavy atom. The van der Waals surface area contributed by atoms with Crippen molar-refractivity contribution in [3.8, 4) is 22.1 Å². The fourth-order valence-corrected chi connectivity index (χ4v) is 3.48.